The Hall–Kier alpha value is -1.53. The number of rotatable bonds is 3. The summed E-state index contributed by atoms with van der Waals surface area (Å²) in [5.74, 6) is -0.443. The molecule has 0 fully saturated rings. The lowest BCUT2D eigenvalue weighted by molar-refractivity contribution is -0.137. The van der Waals surface area contributed by atoms with Crippen molar-refractivity contribution >= 4 is 11.8 Å². The smallest absolute Gasteiger partial charge is 0.383 e. The summed E-state index contributed by atoms with van der Waals surface area (Å²) in [7, 11) is 0. The van der Waals surface area contributed by atoms with Gasteiger partial charge in [0.2, 0.25) is 5.95 Å². The highest BCUT2D eigenvalue weighted by Crippen LogP contribution is 2.32. The zero-order chi connectivity index (χ0) is 14.8. The van der Waals surface area contributed by atoms with Gasteiger partial charge in [-0.1, -0.05) is 27.7 Å². The Morgan fingerprint density at radius 2 is 1.89 bits per heavy atom. The van der Waals surface area contributed by atoms with Gasteiger partial charge in [-0.3, -0.25) is 0 Å². The van der Waals surface area contributed by atoms with Gasteiger partial charge in [-0.05, 0) is 11.8 Å². The molecule has 0 radical (unpaired) electrons. The van der Waals surface area contributed by atoms with Crippen LogP contribution < -0.4 is 11.1 Å². The Bertz CT molecular complexity index is 438. The molecule has 0 saturated carbocycles. The molecule has 0 spiro atoms. The molecule has 1 aromatic heterocycles. The molecule has 1 rings (SSSR count). The summed E-state index contributed by atoms with van der Waals surface area (Å²) in [6, 6.07) is 0.0450. The summed E-state index contributed by atoms with van der Waals surface area (Å²) in [4.78, 5) is 7.36. The predicted molar refractivity (Wildman–Crippen MR) is 68.6 cm³/mol. The first kappa shape index (κ1) is 15.5. The minimum Gasteiger partial charge on any atom is -0.383 e. The zero-order valence-corrected chi connectivity index (χ0v) is 11.5. The van der Waals surface area contributed by atoms with Crippen LogP contribution >= 0.6 is 0 Å². The van der Waals surface area contributed by atoms with Gasteiger partial charge >= 0.3 is 6.18 Å². The fraction of sp³-hybridized carbons (Fsp3) is 0.667. The van der Waals surface area contributed by atoms with E-state index in [1.54, 1.807) is 0 Å². The molecule has 4 nitrogen and oxygen atoms in total. The Balaban J connectivity index is 2.96. The van der Waals surface area contributed by atoms with Crippen molar-refractivity contribution in [3.05, 3.63) is 11.8 Å². The van der Waals surface area contributed by atoms with Crippen LogP contribution in [0.5, 0.6) is 0 Å². The molecule has 0 aliphatic carbocycles. The van der Waals surface area contributed by atoms with Crippen molar-refractivity contribution in [3.63, 3.8) is 0 Å². The van der Waals surface area contributed by atoms with E-state index in [0.717, 1.165) is 6.42 Å². The van der Waals surface area contributed by atoms with Gasteiger partial charge in [0.15, 0.2) is 0 Å². The quantitative estimate of drug-likeness (QED) is 0.889. The Morgan fingerprint density at radius 3 is 2.26 bits per heavy atom. The summed E-state index contributed by atoms with van der Waals surface area (Å²) in [5.41, 5.74) is 4.25. The number of nitrogens with one attached hydrogen (secondary N) is 1. The highest BCUT2D eigenvalue weighted by Gasteiger charge is 2.34. The molecule has 1 atom stereocenters. The van der Waals surface area contributed by atoms with Crippen molar-refractivity contribution in [1.82, 2.24) is 9.97 Å². The second kappa shape index (κ2) is 5.22. The lowest BCUT2D eigenvalue weighted by Crippen LogP contribution is -2.34. The van der Waals surface area contributed by atoms with Crippen molar-refractivity contribution in [2.24, 2.45) is 5.41 Å². The van der Waals surface area contributed by atoms with Crippen LogP contribution in [0.25, 0.3) is 0 Å². The molecule has 0 bridgehead atoms. The van der Waals surface area contributed by atoms with E-state index in [-0.39, 0.29) is 17.4 Å². The third-order valence-electron chi connectivity index (χ3n) is 2.88. The first-order valence-electron chi connectivity index (χ1n) is 6.02. The van der Waals surface area contributed by atoms with Crippen LogP contribution in [0, 0.1) is 5.41 Å². The number of nitrogens with zero attached hydrogens (tertiary/aromatic N) is 2. The molecule has 19 heavy (non-hydrogen) atoms. The third-order valence-corrected chi connectivity index (χ3v) is 2.88. The van der Waals surface area contributed by atoms with Gasteiger partial charge in [-0.15, -0.1) is 0 Å². The zero-order valence-electron chi connectivity index (χ0n) is 11.5. The molecule has 1 heterocycles. The maximum Gasteiger partial charge on any atom is 0.421 e. The van der Waals surface area contributed by atoms with Crippen molar-refractivity contribution in [2.45, 2.75) is 46.3 Å². The fourth-order valence-corrected chi connectivity index (χ4v) is 1.77. The first-order chi connectivity index (χ1) is 8.55. The van der Waals surface area contributed by atoms with Crippen LogP contribution in [-0.2, 0) is 6.18 Å². The van der Waals surface area contributed by atoms with Crippen LogP contribution in [-0.4, -0.2) is 16.0 Å². The summed E-state index contributed by atoms with van der Waals surface area (Å²) in [5, 5.41) is 3.02. The maximum atomic E-state index is 12.5. The molecule has 1 aromatic rings. The van der Waals surface area contributed by atoms with Crippen LogP contribution in [0.3, 0.4) is 0 Å². The second-order valence-corrected chi connectivity index (χ2v) is 5.46. The minimum absolute atomic E-state index is 0.0450. The molecule has 0 aliphatic heterocycles. The van der Waals surface area contributed by atoms with Crippen molar-refractivity contribution in [1.29, 1.82) is 0 Å². The first-order valence-corrected chi connectivity index (χ1v) is 6.02. The second-order valence-electron chi connectivity index (χ2n) is 5.46. The van der Waals surface area contributed by atoms with Gasteiger partial charge in [-0.2, -0.15) is 18.2 Å². The molecular formula is C12H19F3N4. The molecule has 0 saturated heterocycles. The lowest BCUT2D eigenvalue weighted by atomic mass is 9.85. The van der Waals surface area contributed by atoms with E-state index in [2.05, 4.69) is 15.3 Å². The summed E-state index contributed by atoms with van der Waals surface area (Å²) in [6.07, 6.45) is -3.02. The number of hydrogen-bond acceptors (Lipinski definition) is 4. The Labute approximate surface area is 110 Å². The summed E-state index contributed by atoms with van der Waals surface area (Å²) >= 11 is 0. The third kappa shape index (κ3) is 3.97. The van der Waals surface area contributed by atoms with Gasteiger partial charge in [-0.25, -0.2) is 4.98 Å². The van der Waals surface area contributed by atoms with Gasteiger partial charge in [0.1, 0.15) is 11.4 Å². The lowest BCUT2D eigenvalue weighted by Gasteiger charge is -2.30. The molecule has 108 valence electrons. The van der Waals surface area contributed by atoms with Gasteiger partial charge in [0, 0.05) is 12.2 Å². The van der Waals surface area contributed by atoms with Crippen LogP contribution in [0.1, 0.15) is 39.7 Å². The Kier molecular flexibility index (Phi) is 4.27. The standard InChI is InChI=1S/C12H19F3N4/c1-5-8(11(2,3)4)18-10-17-6-7(9(16)19-10)12(13,14)15/h6,8H,5H2,1-4H3,(H3,16,17,18,19)/t8-/m0/s1. The number of nitrogen functional groups attached to an aromatic ring is 1. The van der Waals surface area contributed by atoms with E-state index in [1.165, 1.54) is 0 Å². The number of halogens is 3. The van der Waals surface area contributed by atoms with Gasteiger partial charge in [0.05, 0.1) is 0 Å². The predicted octanol–water partition coefficient (Wildman–Crippen LogP) is 3.31. The topological polar surface area (TPSA) is 63.8 Å². The van der Waals surface area contributed by atoms with E-state index < -0.39 is 17.6 Å². The van der Waals surface area contributed by atoms with Gasteiger partial charge < -0.3 is 11.1 Å². The van der Waals surface area contributed by atoms with Gasteiger partial charge in [0.25, 0.3) is 0 Å². The number of anilines is 2. The highest BCUT2D eigenvalue weighted by molar-refractivity contribution is 5.45. The van der Waals surface area contributed by atoms with Crippen molar-refractivity contribution < 1.29 is 13.2 Å². The van der Waals surface area contributed by atoms with Crippen LogP contribution in [0.2, 0.25) is 0 Å². The molecule has 3 N–H and O–H groups in total. The monoisotopic (exact) mass is 276 g/mol. The van der Waals surface area contributed by atoms with Crippen LogP contribution in [0.4, 0.5) is 24.9 Å². The number of hydrogen-bond donors (Lipinski definition) is 2. The minimum atomic E-state index is -4.53. The largest absolute Gasteiger partial charge is 0.421 e. The number of nitrogens with two attached hydrogens (primary N) is 1. The van der Waals surface area contributed by atoms with E-state index in [4.69, 9.17) is 5.73 Å². The van der Waals surface area contributed by atoms with E-state index in [1.807, 2.05) is 27.7 Å². The molecule has 0 unspecified atom stereocenters. The average molecular weight is 276 g/mol. The highest BCUT2D eigenvalue weighted by atomic mass is 19.4. The summed E-state index contributed by atoms with van der Waals surface area (Å²) < 4.78 is 37.6. The average Bonchev–Trinajstić information content (AvgIpc) is 2.22. The van der Waals surface area contributed by atoms with E-state index in [9.17, 15) is 13.2 Å². The SMILES string of the molecule is CC[C@H](Nc1ncc(C(F)(F)F)c(N)n1)C(C)(C)C. The van der Waals surface area contributed by atoms with Crippen molar-refractivity contribution in [3.8, 4) is 0 Å². The Morgan fingerprint density at radius 1 is 1.32 bits per heavy atom. The molecule has 0 aliphatic rings. The number of alkyl halides is 3. The normalized spacial score (nSPS) is 14.3. The van der Waals surface area contributed by atoms with Crippen LogP contribution in [0.15, 0.2) is 6.20 Å². The van der Waals surface area contributed by atoms with Crippen molar-refractivity contribution in [2.75, 3.05) is 11.1 Å². The van der Waals surface area contributed by atoms with E-state index in [0.29, 0.717) is 6.20 Å². The van der Waals surface area contributed by atoms with E-state index >= 15 is 0 Å². The maximum absolute atomic E-state index is 12.5. The molecular weight excluding hydrogens is 257 g/mol. The molecule has 0 amide bonds. The number of aromatic nitrogens is 2. The summed E-state index contributed by atoms with van der Waals surface area (Å²) in [6.45, 7) is 8.07. The molecule has 7 heteroatoms. The fourth-order valence-electron chi connectivity index (χ4n) is 1.77. The molecule has 0 aromatic carbocycles.